The lowest BCUT2D eigenvalue weighted by Crippen LogP contribution is -2.21. The summed E-state index contributed by atoms with van der Waals surface area (Å²) in [6, 6.07) is 10.6. The van der Waals surface area contributed by atoms with Crippen LogP contribution in [0.1, 0.15) is 12.5 Å². The number of hydrogen-bond acceptors (Lipinski definition) is 2. The van der Waals surface area contributed by atoms with Crippen LogP contribution in [0.4, 0.5) is 0 Å². The van der Waals surface area contributed by atoms with Gasteiger partial charge in [-0.25, -0.2) is 0 Å². The maximum Gasteiger partial charge on any atom is 0.0689 e. The summed E-state index contributed by atoms with van der Waals surface area (Å²) in [5, 5.41) is 0. The highest BCUT2D eigenvalue weighted by atomic mass is 16.5. The molecule has 2 rings (SSSR count). The third-order valence-corrected chi connectivity index (χ3v) is 2.81. The molecule has 1 aromatic rings. The van der Waals surface area contributed by atoms with E-state index in [2.05, 4.69) is 41.3 Å². The molecule has 1 aromatic carbocycles. The number of nitrogens with zero attached hydrogens (tertiary/aromatic N) is 1. The number of hydrogen-bond donors (Lipinski definition) is 0. The SMILES string of the molecule is CCOCC1=CCN(Cc2ccccc2)C1. The van der Waals surface area contributed by atoms with E-state index in [1.807, 2.05) is 6.92 Å². The summed E-state index contributed by atoms with van der Waals surface area (Å²) >= 11 is 0. The van der Waals surface area contributed by atoms with Gasteiger partial charge in [0.2, 0.25) is 0 Å². The molecular formula is C14H19NO. The molecule has 0 aromatic heterocycles. The van der Waals surface area contributed by atoms with Gasteiger partial charge < -0.3 is 4.74 Å². The first-order chi connectivity index (χ1) is 7.88. The maximum absolute atomic E-state index is 5.42. The van der Waals surface area contributed by atoms with Crippen LogP contribution in [0, 0.1) is 0 Å². The van der Waals surface area contributed by atoms with Crippen LogP contribution < -0.4 is 0 Å². The second-order valence-corrected chi connectivity index (χ2v) is 4.15. The standard InChI is InChI=1S/C14H19NO/c1-2-16-12-14-8-9-15(11-14)10-13-6-4-3-5-7-13/h3-8H,2,9-12H2,1H3. The molecule has 0 amide bonds. The molecule has 0 radical (unpaired) electrons. The fourth-order valence-corrected chi connectivity index (χ4v) is 1.97. The van der Waals surface area contributed by atoms with Crippen molar-refractivity contribution >= 4 is 0 Å². The first-order valence-corrected chi connectivity index (χ1v) is 5.90. The van der Waals surface area contributed by atoms with Crippen LogP contribution >= 0.6 is 0 Å². The van der Waals surface area contributed by atoms with Crippen LogP contribution in [0.3, 0.4) is 0 Å². The largest absolute Gasteiger partial charge is 0.377 e. The lowest BCUT2D eigenvalue weighted by atomic mass is 10.2. The van der Waals surface area contributed by atoms with Crippen LogP contribution in [0.15, 0.2) is 42.0 Å². The number of rotatable bonds is 5. The van der Waals surface area contributed by atoms with Crippen LogP contribution in [0.2, 0.25) is 0 Å². The first kappa shape index (κ1) is 11.4. The summed E-state index contributed by atoms with van der Waals surface area (Å²) in [5.74, 6) is 0. The Morgan fingerprint density at radius 3 is 2.81 bits per heavy atom. The van der Waals surface area contributed by atoms with Gasteiger partial charge in [0.25, 0.3) is 0 Å². The molecule has 0 saturated carbocycles. The van der Waals surface area contributed by atoms with E-state index < -0.39 is 0 Å². The summed E-state index contributed by atoms with van der Waals surface area (Å²) in [6.45, 7) is 6.77. The van der Waals surface area contributed by atoms with Gasteiger partial charge in [0.1, 0.15) is 0 Å². The molecule has 16 heavy (non-hydrogen) atoms. The van der Waals surface area contributed by atoms with Crippen molar-refractivity contribution in [3.05, 3.63) is 47.5 Å². The Labute approximate surface area is 97.5 Å². The van der Waals surface area contributed by atoms with Crippen molar-refractivity contribution in [2.24, 2.45) is 0 Å². The predicted molar refractivity (Wildman–Crippen MR) is 66.3 cm³/mol. The van der Waals surface area contributed by atoms with Gasteiger partial charge in [0.05, 0.1) is 6.61 Å². The summed E-state index contributed by atoms with van der Waals surface area (Å²) in [4.78, 5) is 2.43. The Morgan fingerprint density at radius 1 is 1.25 bits per heavy atom. The van der Waals surface area contributed by atoms with E-state index in [0.717, 1.165) is 32.8 Å². The Hall–Kier alpha value is -1.12. The average molecular weight is 217 g/mol. The molecule has 0 bridgehead atoms. The minimum absolute atomic E-state index is 0.793. The van der Waals surface area contributed by atoms with E-state index in [0.29, 0.717) is 0 Å². The molecule has 0 N–H and O–H groups in total. The van der Waals surface area contributed by atoms with Crippen molar-refractivity contribution in [3.8, 4) is 0 Å². The molecular weight excluding hydrogens is 198 g/mol. The molecule has 0 aliphatic carbocycles. The second-order valence-electron chi connectivity index (χ2n) is 4.15. The minimum Gasteiger partial charge on any atom is -0.377 e. The van der Waals surface area contributed by atoms with Gasteiger partial charge in [-0.2, -0.15) is 0 Å². The highest BCUT2D eigenvalue weighted by Crippen LogP contribution is 2.13. The highest BCUT2D eigenvalue weighted by Gasteiger charge is 2.13. The Bertz CT molecular complexity index is 345. The molecule has 0 saturated heterocycles. The summed E-state index contributed by atoms with van der Waals surface area (Å²) in [6.07, 6.45) is 2.29. The zero-order valence-corrected chi connectivity index (χ0v) is 9.86. The van der Waals surface area contributed by atoms with Crippen molar-refractivity contribution in [1.82, 2.24) is 4.90 Å². The van der Waals surface area contributed by atoms with Crippen molar-refractivity contribution in [1.29, 1.82) is 0 Å². The monoisotopic (exact) mass is 217 g/mol. The van der Waals surface area contributed by atoms with Crippen molar-refractivity contribution in [3.63, 3.8) is 0 Å². The van der Waals surface area contributed by atoms with Gasteiger partial charge in [-0.3, -0.25) is 4.90 Å². The van der Waals surface area contributed by atoms with Gasteiger partial charge in [-0.15, -0.1) is 0 Å². The van der Waals surface area contributed by atoms with Crippen LogP contribution in [-0.2, 0) is 11.3 Å². The molecule has 1 aliphatic rings. The number of benzene rings is 1. The van der Waals surface area contributed by atoms with E-state index in [1.54, 1.807) is 0 Å². The molecule has 0 spiro atoms. The van der Waals surface area contributed by atoms with E-state index in [1.165, 1.54) is 11.1 Å². The lowest BCUT2D eigenvalue weighted by Gasteiger charge is -2.15. The normalized spacial score (nSPS) is 16.4. The van der Waals surface area contributed by atoms with E-state index in [-0.39, 0.29) is 0 Å². The van der Waals surface area contributed by atoms with Gasteiger partial charge >= 0.3 is 0 Å². The zero-order chi connectivity index (χ0) is 11.2. The Morgan fingerprint density at radius 2 is 2.06 bits per heavy atom. The van der Waals surface area contributed by atoms with Gasteiger partial charge in [-0.05, 0) is 18.1 Å². The third-order valence-electron chi connectivity index (χ3n) is 2.81. The van der Waals surface area contributed by atoms with E-state index >= 15 is 0 Å². The second kappa shape index (κ2) is 5.83. The zero-order valence-electron chi connectivity index (χ0n) is 9.86. The lowest BCUT2D eigenvalue weighted by molar-refractivity contribution is 0.167. The maximum atomic E-state index is 5.42. The van der Waals surface area contributed by atoms with Crippen LogP contribution in [0.25, 0.3) is 0 Å². The Balaban J connectivity index is 1.79. The van der Waals surface area contributed by atoms with Gasteiger partial charge in [0.15, 0.2) is 0 Å². The smallest absolute Gasteiger partial charge is 0.0689 e. The van der Waals surface area contributed by atoms with Crippen LogP contribution in [-0.4, -0.2) is 31.2 Å². The molecule has 0 fully saturated rings. The molecule has 2 nitrogen and oxygen atoms in total. The predicted octanol–water partition coefficient (Wildman–Crippen LogP) is 2.47. The summed E-state index contributed by atoms with van der Waals surface area (Å²) in [7, 11) is 0. The highest BCUT2D eigenvalue weighted by molar-refractivity contribution is 5.17. The summed E-state index contributed by atoms with van der Waals surface area (Å²) in [5.41, 5.74) is 2.80. The van der Waals surface area contributed by atoms with Crippen molar-refractivity contribution < 1.29 is 4.74 Å². The van der Waals surface area contributed by atoms with Crippen LogP contribution in [0.5, 0.6) is 0 Å². The number of ether oxygens (including phenoxy) is 1. The van der Waals surface area contributed by atoms with Crippen molar-refractivity contribution in [2.75, 3.05) is 26.3 Å². The van der Waals surface area contributed by atoms with Gasteiger partial charge in [0, 0.05) is 26.2 Å². The molecule has 0 atom stereocenters. The quantitative estimate of drug-likeness (QED) is 0.702. The first-order valence-electron chi connectivity index (χ1n) is 5.90. The molecule has 0 unspecified atom stereocenters. The van der Waals surface area contributed by atoms with E-state index in [4.69, 9.17) is 4.74 Å². The fourth-order valence-electron chi connectivity index (χ4n) is 1.97. The fraction of sp³-hybridized carbons (Fsp3) is 0.429. The minimum atomic E-state index is 0.793. The summed E-state index contributed by atoms with van der Waals surface area (Å²) < 4.78 is 5.42. The topological polar surface area (TPSA) is 12.5 Å². The van der Waals surface area contributed by atoms with Gasteiger partial charge in [-0.1, -0.05) is 36.4 Å². The molecule has 2 heteroatoms. The third kappa shape index (κ3) is 3.19. The average Bonchev–Trinajstić information content (AvgIpc) is 2.75. The van der Waals surface area contributed by atoms with E-state index in [9.17, 15) is 0 Å². The van der Waals surface area contributed by atoms with Crippen molar-refractivity contribution in [2.45, 2.75) is 13.5 Å². The molecule has 86 valence electrons. The molecule has 1 heterocycles. The molecule has 1 aliphatic heterocycles. The Kier molecular flexibility index (Phi) is 4.14.